The molecule has 0 aliphatic rings. The van der Waals surface area contributed by atoms with Crippen molar-refractivity contribution in [2.75, 3.05) is 11.4 Å². The molecule has 0 aliphatic heterocycles. The summed E-state index contributed by atoms with van der Waals surface area (Å²) in [5.74, 6) is 0. The summed E-state index contributed by atoms with van der Waals surface area (Å²) < 4.78 is 5.49. The number of hydrogen-bond donors (Lipinski definition) is 0. The summed E-state index contributed by atoms with van der Waals surface area (Å²) in [5.41, 5.74) is 3.12. The fourth-order valence-corrected chi connectivity index (χ4v) is 2.43. The molecule has 0 radical (unpaired) electrons. The molecule has 2 rings (SSSR count). The van der Waals surface area contributed by atoms with E-state index in [4.69, 9.17) is 4.74 Å². The SMILES string of the molecule is CC(C)(C)OC(=O)N(CCc1cscn1)c1ccccc1. The van der Waals surface area contributed by atoms with Crippen molar-refractivity contribution in [2.24, 2.45) is 0 Å². The molecule has 0 saturated heterocycles. The maximum Gasteiger partial charge on any atom is 0.414 e. The molecular formula is C16H20N2O2S. The number of aromatic nitrogens is 1. The van der Waals surface area contributed by atoms with Crippen molar-refractivity contribution in [1.82, 2.24) is 4.98 Å². The minimum atomic E-state index is -0.509. The fraction of sp³-hybridized carbons (Fsp3) is 0.375. The molecule has 0 fully saturated rings. The lowest BCUT2D eigenvalue weighted by molar-refractivity contribution is 0.0581. The Morgan fingerprint density at radius 3 is 2.57 bits per heavy atom. The van der Waals surface area contributed by atoms with Crippen molar-refractivity contribution in [3.8, 4) is 0 Å². The first-order valence-corrected chi connectivity index (χ1v) is 7.82. The van der Waals surface area contributed by atoms with Crippen LogP contribution in [-0.4, -0.2) is 23.2 Å². The monoisotopic (exact) mass is 304 g/mol. The quantitative estimate of drug-likeness (QED) is 0.853. The van der Waals surface area contributed by atoms with Gasteiger partial charge in [-0.05, 0) is 32.9 Å². The molecule has 1 amide bonds. The molecule has 1 aromatic heterocycles. The van der Waals surface area contributed by atoms with Crippen molar-refractivity contribution in [2.45, 2.75) is 32.8 Å². The van der Waals surface area contributed by atoms with Crippen molar-refractivity contribution in [3.05, 3.63) is 46.9 Å². The van der Waals surface area contributed by atoms with Gasteiger partial charge < -0.3 is 4.74 Å². The van der Waals surface area contributed by atoms with Gasteiger partial charge in [0.1, 0.15) is 5.60 Å². The number of carbonyl (C=O) groups is 1. The van der Waals surface area contributed by atoms with Gasteiger partial charge in [0.15, 0.2) is 0 Å². The second kappa shape index (κ2) is 6.72. The third-order valence-electron chi connectivity index (χ3n) is 2.76. The predicted octanol–water partition coefficient (Wildman–Crippen LogP) is 4.13. The molecule has 2 aromatic rings. The second-order valence-corrected chi connectivity index (χ2v) is 6.42. The van der Waals surface area contributed by atoms with Gasteiger partial charge in [0.25, 0.3) is 0 Å². The highest BCUT2D eigenvalue weighted by Crippen LogP contribution is 2.18. The Morgan fingerprint density at radius 2 is 2.00 bits per heavy atom. The predicted molar refractivity (Wildman–Crippen MR) is 85.8 cm³/mol. The highest BCUT2D eigenvalue weighted by atomic mass is 32.1. The van der Waals surface area contributed by atoms with E-state index in [0.29, 0.717) is 13.0 Å². The van der Waals surface area contributed by atoms with Gasteiger partial charge >= 0.3 is 6.09 Å². The highest BCUT2D eigenvalue weighted by molar-refractivity contribution is 7.07. The number of rotatable bonds is 4. The molecule has 0 unspecified atom stereocenters. The van der Waals surface area contributed by atoms with Gasteiger partial charge in [0.2, 0.25) is 0 Å². The van der Waals surface area contributed by atoms with Gasteiger partial charge in [-0.2, -0.15) is 0 Å². The first-order chi connectivity index (χ1) is 9.96. The van der Waals surface area contributed by atoms with Crippen LogP contribution < -0.4 is 4.90 Å². The van der Waals surface area contributed by atoms with Crippen LogP contribution in [0.15, 0.2) is 41.2 Å². The van der Waals surface area contributed by atoms with Crippen LogP contribution in [0.5, 0.6) is 0 Å². The number of anilines is 1. The summed E-state index contributed by atoms with van der Waals surface area (Å²) in [6.07, 6.45) is 0.376. The van der Waals surface area contributed by atoms with Crippen LogP contribution in [0.25, 0.3) is 0 Å². The highest BCUT2D eigenvalue weighted by Gasteiger charge is 2.23. The van der Waals surface area contributed by atoms with Gasteiger partial charge in [-0.3, -0.25) is 4.90 Å². The molecule has 1 heterocycles. The Bertz CT molecular complexity index is 562. The first-order valence-electron chi connectivity index (χ1n) is 6.88. The van der Waals surface area contributed by atoms with E-state index in [2.05, 4.69) is 4.98 Å². The fourth-order valence-electron chi connectivity index (χ4n) is 1.84. The number of hydrogen-bond acceptors (Lipinski definition) is 4. The zero-order chi connectivity index (χ0) is 15.3. The second-order valence-electron chi connectivity index (χ2n) is 5.70. The lowest BCUT2D eigenvalue weighted by atomic mass is 10.2. The van der Waals surface area contributed by atoms with Crippen LogP contribution in [0.3, 0.4) is 0 Å². The summed E-state index contributed by atoms with van der Waals surface area (Å²) in [4.78, 5) is 18.3. The van der Waals surface area contributed by atoms with E-state index >= 15 is 0 Å². The van der Waals surface area contributed by atoms with E-state index in [1.54, 1.807) is 21.7 Å². The van der Waals surface area contributed by atoms with Crippen LogP contribution in [-0.2, 0) is 11.2 Å². The average molecular weight is 304 g/mol. The van der Waals surface area contributed by atoms with E-state index in [-0.39, 0.29) is 6.09 Å². The third kappa shape index (κ3) is 4.86. The number of nitrogens with zero attached hydrogens (tertiary/aromatic N) is 2. The van der Waals surface area contributed by atoms with Gasteiger partial charge in [0.05, 0.1) is 11.2 Å². The van der Waals surface area contributed by atoms with Gasteiger partial charge in [0, 0.05) is 24.0 Å². The van der Waals surface area contributed by atoms with Gasteiger partial charge in [-0.25, -0.2) is 9.78 Å². The van der Waals surface area contributed by atoms with E-state index in [1.807, 2.05) is 56.5 Å². The van der Waals surface area contributed by atoms with Crippen LogP contribution in [0.1, 0.15) is 26.5 Å². The van der Waals surface area contributed by atoms with Crippen LogP contribution >= 0.6 is 11.3 Å². The molecule has 0 atom stereocenters. The Balaban J connectivity index is 2.12. The van der Waals surface area contributed by atoms with Crippen molar-refractivity contribution in [1.29, 1.82) is 0 Å². The molecule has 112 valence electrons. The maximum absolute atomic E-state index is 12.4. The maximum atomic E-state index is 12.4. The van der Waals surface area contributed by atoms with Gasteiger partial charge in [-0.1, -0.05) is 18.2 Å². The first kappa shape index (κ1) is 15.5. The average Bonchev–Trinajstić information content (AvgIpc) is 2.91. The summed E-state index contributed by atoms with van der Waals surface area (Å²) >= 11 is 1.56. The minimum absolute atomic E-state index is 0.330. The standard InChI is InChI=1S/C16H20N2O2S/c1-16(2,3)20-15(19)18(14-7-5-4-6-8-14)10-9-13-11-21-12-17-13/h4-8,11-12H,9-10H2,1-3H3. The number of para-hydroxylation sites is 1. The summed E-state index contributed by atoms with van der Waals surface area (Å²) in [5, 5.41) is 2.00. The van der Waals surface area contributed by atoms with Crippen molar-refractivity contribution >= 4 is 23.1 Å². The molecule has 1 aromatic carbocycles. The zero-order valence-electron chi connectivity index (χ0n) is 12.6. The van der Waals surface area contributed by atoms with Crippen LogP contribution in [0, 0.1) is 0 Å². The molecule has 0 N–H and O–H groups in total. The molecule has 5 heteroatoms. The van der Waals surface area contributed by atoms with E-state index in [1.165, 1.54) is 0 Å². The number of carbonyl (C=O) groups excluding carboxylic acids is 1. The van der Waals surface area contributed by atoms with Crippen molar-refractivity contribution < 1.29 is 9.53 Å². The lowest BCUT2D eigenvalue weighted by Gasteiger charge is -2.27. The smallest absolute Gasteiger partial charge is 0.414 e. The summed E-state index contributed by atoms with van der Waals surface area (Å²) in [6.45, 7) is 6.15. The minimum Gasteiger partial charge on any atom is -0.443 e. The van der Waals surface area contributed by atoms with E-state index in [9.17, 15) is 4.79 Å². The third-order valence-corrected chi connectivity index (χ3v) is 3.39. The summed E-state index contributed by atoms with van der Waals surface area (Å²) in [7, 11) is 0. The molecule has 21 heavy (non-hydrogen) atoms. The Hall–Kier alpha value is -1.88. The van der Waals surface area contributed by atoms with Crippen LogP contribution in [0.2, 0.25) is 0 Å². The zero-order valence-corrected chi connectivity index (χ0v) is 13.4. The number of ether oxygens (including phenoxy) is 1. The normalized spacial score (nSPS) is 11.2. The van der Waals surface area contributed by atoms with E-state index in [0.717, 1.165) is 11.4 Å². The van der Waals surface area contributed by atoms with E-state index < -0.39 is 5.60 Å². The van der Waals surface area contributed by atoms with Gasteiger partial charge in [-0.15, -0.1) is 11.3 Å². The summed E-state index contributed by atoms with van der Waals surface area (Å²) in [6, 6.07) is 9.57. The van der Waals surface area contributed by atoms with Crippen molar-refractivity contribution in [3.63, 3.8) is 0 Å². The Kier molecular flexibility index (Phi) is 4.96. The molecule has 0 spiro atoms. The Morgan fingerprint density at radius 1 is 1.29 bits per heavy atom. The molecule has 0 aliphatic carbocycles. The number of amides is 1. The molecule has 0 bridgehead atoms. The molecule has 0 saturated carbocycles. The molecule has 4 nitrogen and oxygen atoms in total. The largest absolute Gasteiger partial charge is 0.443 e. The van der Waals surface area contributed by atoms with Crippen LogP contribution in [0.4, 0.5) is 10.5 Å². The molecular weight excluding hydrogens is 284 g/mol. The Labute approximate surface area is 129 Å². The lowest BCUT2D eigenvalue weighted by Crippen LogP contribution is -2.38. The number of benzene rings is 1. The topological polar surface area (TPSA) is 42.4 Å². The number of thiazole rings is 1.